The Morgan fingerprint density at radius 2 is 2.00 bits per heavy atom. The van der Waals surface area contributed by atoms with E-state index < -0.39 is 16.3 Å². The van der Waals surface area contributed by atoms with E-state index in [0.29, 0.717) is 25.9 Å². The molecule has 1 aromatic carbocycles. The first-order valence-electron chi connectivity index (χ1n) is 7.98. The molecule has 0 saturated heterocycles. The third-order valence-electron chi connectivity index (χ3n) is 4.29. The Morgan fingerprint density at radius 3 is 2.58 bits per heavy atom. The van der Waals surface area contributed by atoms with E-state index in [9.17, 15) is 19.7 Å². The van der Waals surface area contributed by atoms with Gasteiger partial charge < -0.3 is 9.47 Å². The number of nitrogens with zero attached hydrogens (tertiary/aromatic N) is 1. The van der Waals surface area contributed by atoms with Gasteiger partial charge in [0.05, 0.1) is 22.5 Å². The van der Waals surface area contributed by atoms with Crippen LogP contribution in [0.25, 0.3) is 0 Å². The lowest BCUT2D eigenvalue weighted by Crippen LogP contribution is -2.38. The maximum absolute atomic E-state index is 12.2. The molecular weight excluding hydrogens is 314 g/mol. The van der Waals surface area contributed by atoms with Crippen LogP contribution in [0.4, 0.5) is 5.69 Å². The Labute approximate surface area is 140 Å². The van der Waals surface area contributed by atoms with Crippen LogP contribution in [0.1, 0.15) is 49.9 Å². The molecule has 0 amide bonds. The monoisotopic (exact) mass is 335 g/mol. The van der Waals surface area contributed by atoms with Crippen LogP contribution in [-0.4, -0.2) is 29.6 Å². The van der Waals surface area contributed by atoms with Crippen LogP contribution in [-0.2, 0) is 14.3 Å². The highest BCUT2D eigenvalue weighted by Gasteiger charge is 2.41. The minimum Gasteiger partial charge on any atom is -0.466 e. The molecule has 2 rings (SSSR count). The number of nitro groups is 1. The van der Waals surface area contributed by atoms with Gasteiger partial charge in [0.15, 0.2) is 0 Å². The van der Waals surface area contributed by atoms with Crippen molar-refractivity contribution in [2.75, 3.05) is 6.61 Å². The van der Waals surface area contributed by atoms with E-state index in [1.165, 1.54) is 24.3 Å². The molecular formula is C17H21NO6. The number of nitro benzene ring substituents is 1. The topological polar surface area (TPSA) is 95.7 Å². The second-order valence-electron chi connectivity index (χ2n) is 6.21. The Balaban J connectivity index is 2.00. The molecule has 1 aliphatic rings. The predicted octanol–water partition coefficient (Wildman–Crippen LogP) is 3.26. The van der Waals surface area contributed by atoms with E-state index in [2.05, 4.69) is 0 Å². The van der Waals surface area contributed by atoms with Gasteiger partial charge in [0.2, 0.25) is 0 Å². The van der Waals surface area contributed by atoms with Crippen molar-refractivity contribution in [2.24, 2.45) is 5.41 Å². The molecule has 0 radical (unpaired) electrons. The quantitative estimate of drug-likeness (QED) is 0.465. The van der Waals surface area contributed by atoms with E-state index in [1.807, 2.05) is 6.92 Å². The standard InChI is InChI=1S/C17H21NO6/c1-3-23-16(20)17(2)10-4-5-14(11-17)24-15(19)12-6-8-13(9-7-12)18(21)22/h6-9,14H,3-5,10-11H2,1-2H3. The fourth-order valence-corrected chi connectivity index (χ4v) is 2.96. The largest absolute Gasteiger partial charge is 0.466 e. The molecule has 130 valence electrons. The van der Waals surface area contributed by atoms with Gasteiger partial charge in [0.25, 0.3) is 5.69 Å². The zero-order valence-corrected chi connectivity index (χ0v) is 13.8. The molecule has 0 aromatic heterocycles. The summed E-state index contributed by atoms with van der Waals surface area (Å²) < 4.78 is 10.6. The van der Waals surface area contributed by atoms with Gasteiger partial charge in [0.1, 0.15) is 6.10 Å². The highest BCUT2D eigenvalue weighted by Crippen LogP contribution is 2.38. The maximum Gasteiger partial charge on any atom is 0.338 e. The fraction of sp³-hybridized carbons (Fsp3) is 0.529. The predicted molar refractivity (Wildman–Crippen MR) is 85.5 cm³/mol. The van der Waals surface area contributed by atoms with Gasteiger partial charge in [-0.25, -0.2) is 4.79 Å². The molecule has 1 saturated carbocycles. The number of hydrogen-bond acceptors (Lipinski definition) is 6. The van der Waals surface area contributed by atoms with E-state index in [-0.39, 0.29) is 23.3 Å². The van der Waals surface area contributed by atoms with Gasteiger partial charge in [0, 0.05) is 18.6 Å². The summed E-state index contributed by atoms with van der Waals surface area (Å²) in [5, 5.41) is 10.6. The number of esters is 2. The molecule has 0 heterocycles. The summed E-state index contributed by atoms with van der Waals surface area (Å²) in [5.74, 6) is -0.802. The third-order valence-corrected chi connectivity index (χ3v) is 4.29. The summed E-state index contributed by atoms with van der Waals surface area (Å²) in [7, 11) is 0. The first kappa shape index (κ1) is 17.9. The molecule has 0 aliphatic heterocycles. The Hall–Kier alpha value is -2.44. The van der Waals surface area contributed by atoms with Crippen molar-refractivity contribution in [3.8, 4) is 0 Å². The van der Waals surface area contributed by atoms with Gasteiger partial charge in [-0.3, -0.25) is 14.9 Å². The molecule has 1 aliphatic carbocycles. The number of benzene rings is 1. The highest BCUT2D eigenvalue weighted by molar-refractivity contribution is 5.89. The molecule has 0 N–H and O–H groups in total. The molecule has 2 unspecified atom stereocenters. The molecule has 7 heteroatoms. The smallest absolute Gasteiger partial charge is 0.338 e. The SMILES string of the molecule is CCOC(=O)C1(C)CCCC(OC(=O)c2ccc([N+](=O)[O-])cc2)C1. The van der Waals surface area contributed by atoms with Crippen LogP contribution in [0.3, 0.4) is 0 Å². The van der Waals surface area contributed by atoms with E-state index in [4.69, 9.17) is 9.47 Å². The van der Waals surface area contributed by atoms with Crippen LogP contribution in [0.5, 0.6) is 0 Å². The molecule has 0 bridgehead atoms. The van der Waals surface area contributed by atoms with Gasteiger partial charge in [-0.05, 0) is 45.2 Å². The maximum atomic E-state index is 12.2. The van der Waals surface area contributed by atoms with Crippen molar-refractivity contribution in [1.29, 1.82) is 0 Å². The molecule has 24 heavy (non-hydrogen) atoms. The molecule has 2 atom stereocenters. The van der Waals surface area contributed by atoms with Crippen molar-refractivity contribution in [2.45, 2.75) is 45.6 Å². The summed E-state index contributed by atoms with van der Waals surface area (Å²) in [6.07, 6.45) is 2.22. The zero-order chi connectivity index (χ0) is 17.7. The molecule has 1 aromatic rings. The van der Waals surface area contributed by atoms with Crippen LogP contribution < -0.4 is 0 Å². The van der Waals surface area contributed by atoms with E-state index in [0.717, 1.165) is 6.42 Å². The van der Waals surface area contributed by atoms with Gasteiger partial charge in [-0.15, -0.1) is 0 Å². The van der Waals surface area contributed by atoms with Gasteiger partial charge in [-0.1, -0.05) is 0 Å². The summed E-state index contributed by atoms with van der Waals surface area (Å²) in [4.78, 5) is 34.4. The van der Waals surface area contributed by atoms with E-state index in [1.54, 1.807) is 6.92 Å². The Morgan fingerprint density at radius 1 is 1.33 bits per heavy atom. The van der Waals surface area contributed by atoms with Crippen molar-refractivity contribution >= 4 is 17.6 Å². The van der Waals surface area contributed by atoms with Crippen molar-refractivity contribution in [1.82, 2.24) is 0 Å². The second kappa shape index (κ2) is 7.42. The lowest BCUT2D eigenvalue weighted by atomic mass is 9.74. The normalized spacial score (nSPS) is 23.3. The minimum absolute atomic E-state index is 0.0842. The fourth-order valence-electron chi connectivity index (χ4n) is 2.96. The average molecular weight is 335 g/mol. The van der Waals surface area contributed by atoms with Crippen LogP contribution in [0, 0.1) is 15.5 Å². The highest BCUT2D eigenvalue weighted by atomic mass is 16.6. The number of ether oxygens (including phenoxy) is 2. The molecule has 7 nitrogen and oxygen atoms in total. The Kier molecular flexibility index (Phi) is 5.54. The van der Waals surface area contributed by atoms with Crippen molar-refractivity contribution < 1.29 is 24.0 Å². The number of hydrogen-bond donors (Lipinski definition) is 0. The summed E-state index contributed by atoms with van der Waals surface area (Å²) in [6.45, 7) is 3.91. The number of carbonyl (C=O) groups is 2. The van der Waals surface area contributed by atoms with Crippen molar-refractivity contribution in [3.05, 3.63) is 39.9 Å². The number of non-ortho nitro benzene ring substituents is 1. The summed E-state index contributed by atoms with van der Waals surface area (Å²) >= 11 is 0. The number of carbonyl (C=O) groups excluding carboxylic acids is 2. The molecule has 0 spiro atoms. The first-order valence-corrected chi connectivity index (χ1v) is 7.98. The first-order chi connectivity index (χ1) is 11.4. The zero-order valence-electron chi connectivity index (χ0n) is 13.8. The van der Waals surface area contributed by atoms with Gasteiger partial charge in [-0.2, -0.15) is 0 Å². The van der Waals surface area contributed by atoms with Crippen LogP contribution in [0.2, 0.25) is 0 Å². The lowest BCUT2D eigenvalue weighted by molar-refractivity contribution is -0.384. The van der Waals surface area contributed by atoms with E-state index >= 15 is 0 Å². The number of rotatable bonds is 5. The summed E-state index contributed by atoms with van der Waals surface area (Å²) in [6, 6.07) is 5.27. The average Bonchev–Trinajstić information content (AvgIpc) is 2.55. The van der Waals surface area contributed by atoms with Gasteiger partial charge >= 0.3 is 11.9 Å². The Bertz CT molecular complexity index is 626. The minimum atomic E-state index is -0.644. The molecule has 1 fully saturated rings. The van der Waals surface area contributed by atoms with Crippen molar-refractivity contribution in [3.63, 3.8) is 0 Å². The second-order valence-corrected chi connectivity index (χ2v) is 6.21. The summed E-state index contributed by atoms with van der Waals surface area (Å²) in [5.41, 5.74) is -0.475. The van der Waals surface area contributed by atoms with Crippen LogP contribution in [0.15, 0.2) is 24.3 Å². The third kappa shape index (κ3) is 4.10. The lowest BCUT2D eigenvalue weighted by Gasteiger charge is -2.35. The van der Waals surface area contributed by atoms with Crippen LogP contribution >= 0.6 is 0 Å².